The Balaban J connectivity index is 1.95. The first-order chi connectivity index (χ1) is 12.9. The maximum atomic E-state index is 11.9. The minimum Gasteiger partial charge on any atom is -0.496 e. The molecule has 140 valence electrons. The van der Waals surface area contributed by atoms with Gasteiger partial charge in [0.1, 0.15) is 5.75 Å². The third kappa shape index (κ3) is 5.65. The number of methoxy groups -OCH3 is 2. The van der Waals surface area contributed by atoms with Gasteiger partial charge < -0.3 is 14.8 Å². The summed E-state index contributed by atoms with van der Waals surface area (Å²) < 4.78 is 10.6. The van der Waals surface area contributed by atoms with E-state index in [0.717, 1.165) is 4.47 Å². The SMILES string of the molecule is COC(=O)c1ccc(NC(=O)C(=O)N/N=C/c2cc(Br)ccc2OC)cc1. The predicted octanol–water partition coefficient (Wildman–Crippen LogP) is 2.33. The molecule has 0 bridgehead atoms. The van der Waals surface area contributed by atoms with E-state index in [4.69, 9.17) is 4.74 Å². The fourth-order valence-electron chi connectivity index (χ4n) is 2.01. The number of anilines is 1. The molecule has 8 nitrogen and oxygen atoms in total. The van der Waals surface area contributed by atoms with Crippen LogP contribution in [0.3, 0.4) is 0 Å². The van der Waals surface area contributed by atoms with E-state index in [1.165, 1.54) is 44.7 Å². The third-order valence-electron chi connectivity index (χ3n) is 3.33. The number of hydrogen-bond donors (Lipinski definition) is 2. The number of carbonyl (C=O) groups excluding carboxylic acids is 3. The van der Waals surface area contributed by atoms with Gasteiger partial charge in [0.2, 0.25) is 0 Å². The van der Waals surface area contributed by atoms with Crippen molar-refractivity contribution in [2.75, 3.05) is 19.5 Å². The van der Waals surface area contributed by atoms with E-state index in [2.05, 4.69) is 36.5 Å². The van der Waals surface area contributed by atoms with Crippen LogP contribution in [-0.4, -0.2) is 38.2 Å². The second-order valence-corrected chi connectivity index (χ2v) is 6.02. The number of esters is 1. The molecule has 0 saturated heterocycles. The predicted molar refractivity (Wildman–Crippen MR) is 103 cm³/mol. The van der Waals surface area contributed by atoms with Gasteiger partial charge in [0.25, 0.3) is 0 Å². The molecule has 27 heavy (non-hydrogen) atoms. The summed E-state index contributed by atoms with van der Waals surface area (Å²) in [6.45, 7) is 0. The number of hydrogen-bond acceptors (Lipinski definition) is 6. The van der Waals surface area contributed by atoms with Gasteiger partial charge in [-0.15, -0.1) is 0 Å². The molecule has 0 radical (unpaired) electrons. The Labute approximate surface area is 163 Å². The van der Waals surface area contributed by atoms with Crippen LogP contribution >= 0.6 is 15.9 Å². The van der Waals surface area contributed by atoms with Gasteiger partial charge in [-0.2, -0.15) is 5.10 Å². The lowest BCUT2D eigenvalue weighted by molar-refractivity contribution is -0.136. The fraction of sp³-hybridized carbons (Fsp3) is 0.111. The van der Waals surface area contributed by atoms with Crippen molar-refractivity contribution >= 4 is 45.6 Å². The van der Waals surface area contributed by atoms with Crippen molar-refractivity contribution in [3.8, 4) is 5.75 Å². The maximum absolute atomic E-state index is 11.9. The Kier molecular flexibility index (Phi) is 7.07. The molecule has 0 fully saturated rings. The number of ether oxygens (including phenoxy) is 2. The van der Waals surface area contributed by atoms with Crippen molar-refractivity contribution < 1.29 is 23.9 Å². The lowest BCUT2D eigenvalue weighted by Crippen LogP contribution is -2.32. The molecular formula is C18H16BrN3O5. The first-order valence-corrected chi connectivity index (χ1v) is 8.40. The van der Waals surface area contributed by atoms with E-state index < -0.39 is 17.8 Å². The van der Waals surface area contributed by atoms with Crippen LogP contribution in [0.25, 0.3) is 0 Å². The van der Waals surface area contributed by atoms with Crippen LogP contribution < -0.4 is 15.5 Å². The van der Waals surface area contributed by atoms with Crippen molar-refractivity contribution in [3.05, 3.63) is 58.1 Å². The first kappa shape index (κ1) is 20.1. The highest BCUT2D eigenvalue weighted by Crippen LogP contribution is 2.21. The lowest BCUT2D eigenvalue weighted by Gasteiger charge is -2.06. The Bertz CT molecular complexity index is 881. The molecule has 0 unspecified atom stereocenters. The van der Waals surface area contributed by atoms with Crippen molar-refractivity contribution in [1.82, 2.24) is 5.43 Å². The van der Waals surface area contributed by atoms with Gasteiger partial charge in [-0.25, -0.2) is 10.2 Å². The number of amides is 2. The molecule has 0 aliphatic rings. The maximum Gasteiger partial charge on any atom is 0.337 e. The smallest absolute Gasteiger partial charge is 0.337 e. The quantitative estimate of drug-likeness (QED) is 0.325. The van der Waals surface area contributed by atoms with E-state index in [-0.39, 0.29) is 0 Å². The largest absolute Gasteiger partial charge is 0.496 e. The summed E-state index contributed by atoms with van der Waals surface area (Å²) in [4.78, 5) is 35.1. The molecule has 2 aromatic rings. The Morgan fingerprint density at radius 2 is 1.74 bits per heavy atom. The molecule has 2 amide bonds. The van der Waals surface area contributed by atoms with E-state index in [9.17, 15) is 14.4 Å². The number of halogens is 1. The van der Waals surface area contributed by atoms with Crippen LogP contribution in [0, 0.1) is 0 Å². The number of carbonyl (C=O) groups is 3. The van der Waals surface area contributed by atoms with Crippen LogP contribution in [0.4, 0.5) is 5.69 Å². The van der Waals surface area contributed by atoms with Crippen LogP contribution in [-0.2, 0) is 14.3 Å². The average molecular weight is 434 g/mol. The van der Waals surface area contributed by atoms with Crippen LogP contribution in [0.15, 0.2) is 52.0 Å². The highest BCUT2D eigenvalue weighted by atomic mass is 79.9. The normalized spacial score (nSPS) is 10.3. The first-order valence-electron chi connectivity index (χ1n) is 7.61. The molecule has 2 N–H and O–H groups in total. The molecule has 9 heteroatoms. The molecule has 0 heterocycles. The van der Waals surface area contributed by atoms with Crippen molar-refractivity contribution in [2.24, 2.45) is 5.10 Å². The Morgan fingerprint density at radius 1 is 1.04 bits per heavy atom. The zero-order valence-electron chi connectivity index (χ0n) is 14.5. The van der Waals surface area contributed by atoms with Crippen molar-refractivity contribution in [1.29, 1.82) is 0 Å². The van der Waals surface area contributed by atoms with Crippen molar-refractivity contribution in [2.45, 2.75) is 0 Å². The number of nitrogens with zero attached hydrogens (tertiary/aromatic N) is 1. The van der Waals surface area contributed by atoms with Gasteiger partial charge in [-0.3, -0.25) is 9.59 Å². The average Bonchev–Trinajstić information content (AvgIpc) is 2.68. The summed E-state index contributed by atoms with van der Waals surface area (Å²) in [5.41, 5.74) is 3.42. The van der Waals surface area contributed by atoms with E-state index in [0.29, 0.717) is 22.6 Å². The molecular weight excluding hydrogens is 418 g/mol. The summed E-state index contributed by atoms with van der Waals surface area (Å²) in [6, 6.07) is 11.2. The van der Waals surface area contributed by atoms with Crippen LogP contribution in [0.2, 0.25) is 0 Å². The van der Waals surface area contributed by atoms with Gasteiger partial charge in [0, 0.05) is 15.7 Å². The topological polar surface area (TPSA) is 106 Å². The summed E-state index contributed by atoms with van der Waals surface area (Å²) >= 11 is 3.33. The fourth-order valence-corrected chi connectivity index (χ4v) is 2.39. The van der Waals surface area contributed by atoms with Crippen molar-refractivity contribution in [3.63, 3.8) is 0 Å². The molecule has 0 aliphatic heterocycles. The van der Waals surface area contributed by atoms with Gasteiger partial charge in [-0.1, -0.05) is 15.9 Å². The molecule has 0 aromatic heterocycles. The van der Waals surface area contributed by atoms with E-state index in [1.807, 2.05) is 0 Å². The van der Waals surface area contributed by atoms with E-state index >= 15 is 0 Å². The van der Waals surface area contributed by atoms with Gasteiger partial charge in [-0.05, 0) is 42.5 Å². The Morgan fingerprint density at radius 3 is 2.37 bits per heavy atom. The standard InChI is InChI=1S/C18H16BrN3O5/c1-26-15-8-5-13(19)9-12(15)10-20-22-17(24)16(23)21-14-6-3-11(4-7-14)18(25)27-2/h3-10H,1-2H3,(H,21,23)(H,22,24)/b20-10+. The number of benzene rings is 2. The number of rotatable bonds is 5. The zero-order valence-corrected chi connectivity index (χ0v) is 16.1. The molecule has 0 saturated carbocycles. The molecule has 2 rings (SSSR count). The number of hydrazone groups is 1. The van der Waals surface area contributed by atoms with Gasteiger partial charge in [0.05, 0.1) is 26.0 Å². The summed E-state index contributed by atoms with van der Waals surface area (Å²) in [7, 11) is 2.78. The third-order valence-corrected chi connectivity index (χ3v) is 3.82. The van der Waals surface area contributed by atoms with Crippen LogP contribution in [0.1, 0.15) is 15.9 Å². The minimum absolute atomic E-state index is 0.326. The van der Waals surface area contributed by atoms with Crippen LogP contribution in [0.5, 0.6) is 5.75 Å². The molecule has 0 spiro atoms. The summed E-state index contributed by atoms with van der Waals surface area (Å²) in [5, 5.41) is 6.15. The van der Waals surface area contributed by atoms with E-state index in [1.54, 1.807) is 18.2 Å². The highest BCUT2D eigenvalue weighted by Gasteiger charge is 2.13. The summed E-state index contributed by atoms with van der Waals surface area (Å²) in [6.07, 6.45) is 1.36. The zero-order chi connectivity index (χ0) is 19.8. The minimum atomic E-state index is -0.947. The summed E-state index contributed by atoms with van der Waals surface area (Å²) in [5.74, 6) is -1.79. The molecule has 0 atom stereocenters. The molecule has 2 aromatic carbocycles. The number of nitrogens with one attached hydrogen (secondary N) is 2. The lowest BCUT2D eigenvalue weighted by atomic mass is 10.2. The monoisotopic (exact) mass is 433 g/mol. The second-order valence-electron chi connectivity index (χ2n) is 5.11. The Hall–Kier alpha value is -3.20. The second kappa shape index (κ2) is 9.48. The highest BCUT2D eigenvalue weighted by molar-refractivity contribution is 9.10. The van der Waals surface area contributed by atoms with Gasteiger partial charge in [0.15, 0.2) is 0 Å². The molecule has 0 aliphatic carbocycles. The van der Waals surface area contributed by atoms with Gasteiger partial charge >= 0.3 is 17.8 Å².